The van der Waals surface area contributed by atoms with Crippen molar-refractivity contribution in [2.75, 3.05) is 19.5 Å². The summed E-state index contributed by atoms with van der Waals surface area (Å²) in [5.41, 5.74) is 3.68. The van der Waals surface area contributed by atoms with E-state index in [1.807, 2.05) is 32.0 Å². The molecule has 1 aromatic heterocycles. The molecule has 0 aliphatic heterocycles. The second kappa shape index (κ2) is 7.22. The molecule has 0 unspecified atom stereocenters. The fraction of sp³-hybridized carbons (Fsp3) is 0.222. The van der Waals surface area contributed by atoms with Gasteiger partial charge in [-0.1, -0.05) is 12.1 Å². The Morgan fingerprint density at radius 1 is 1.12 bits per heavy atom. The number of anilines is 1. The molecule has 0 bridgehead atoms. The molecule has 0 saturated carbocycles. The summed E-state index contributed by atoms with van der Waals surface area (Å²) in [5.74, 6) is 0.613. The third-order valence-electron chi connectivity index (χ3n) is 4.20. The minimum atomic E-state index is -0.301. The average molecular weight is 353 g/mol. The molecule has 134 valence electrons. The van der Waals surface area contributed by atoms with Gasteiger partial charge in [0.25, 0.3) is 5.91 Å². The Kier molecular flexibility index (Phi) is 4.83. The van der Waals surface area contributed by atoms with Crippen molar-refractivity contribution in [2.24, 2.45) is 0 Å². The highest BCUT2D eigenvalue weighted by Gasteiger charge is 2.20. The molecule has 8 nitrogen and oxygen atoms in total. The van der Waals surface area contributed by atoms with E-state index < -0.39 is 0 Å². The smallest absolute Gasteiger partial charge is 0.258 e. The molecule has 26 heavy (non-hydrogen) atoms. The predicted octanol–water partition coefficient (Wildman–Crippen LogP) is 2.55. The molecule has 8 heteroatoms. The molecule has 0 radical (unpaired) electrons. The number of tetrazole rings is 1. The number of aromatic nitrogens is 4. The number of hydrogen-bond acceptors (Lipinski definition) is 6. The van der Waals surface area contributed by atoms with E-state index >= 15 is 0 Å². The first-order valence-electron chi connectivity index (χ1n) is 7.92. The third kappa shape index (κ3) is 3.21. The van der Waals surface area contributed by atoms with Gasteiger partial charge in [0, 0.05) is 11.8 Å². The highest BCUT2D eigenvalue weighted by Crippen LogP contribution is 2.32. The molecule has 1 N–H and O–H groups in total. The second-order valence-electron chi connectivity index (χ2n) is 5.68. The average Bonchev–Trinajstić information content (AvgIpc) is 3.18. The normalized spacial score (nSPS) is 10.5. The van der Waals surface area contributed by atoms with Crippen molar-refractivity contribution in [1.82, 2.24) is 20.2 Å². The maximum atomic E-state index is 13.0. The number of ether oxygens (including phenoxy) is 2. The van der Waals surface area contributed by atoms with Crippen LogP contribution in [0.5, 0.6) is 11.5 Å². The zero-order valence-electron chi connectivity index (χ0n) is 15.0. The topological polar surface area (TPSA) is 91.2 Å². The van der Waals surface area contributed by atoms with Crippen LogP contribution in [0.1, 0.15) is 21.5 Å². The van der Waals surface area contributed by atoms with Crippen LogP contribution in [-0.4, -0.2) is 40.3 Å². The molecule has 3 rings (SSSR count). The number of rotatable bonds is 5. The standard InChI is InChI=1S/C18H19N5O3/c1-11-6-5-7-14(12(11)2)20-18(24)13-8-16(25-3)17(26-4)9-15(13)23-10-19-21-22-23/h5-10H,1-4H3,(H,20,24). The van der Waals surface area contributed by atoms with E-state index in [4.69, 9.17) is 9.47 Å². The number of benzene rings is 2. The minimum Gasteiger partial charge on any atom is -0.493 e. The first-order chi connectivity index (χ1) is 12.5. The monoisotopic (exact) mass is 353 g/mol. The number of carbonyl (C=O) groups is 1. The van der Waals surface area contributed by atoms with E-state index in [2.05, 4.69) is 20.8 Å². The fourth-order valence-corrected chi connectivity index (χ4v) is 2.59. The lowest BCUT2D eigenvalue weighted by molar-refractivity contribution is 0.102. The summed E-state index contributed by atoms with van der Waals surface area (Å²) in [7, 11) is 3.04. The Labute approximate surface area is 150 Å². The van der Waals surface area contributed by atoms with Crippen molar-refractivity contribution in [2.45, 2.75) is 13.8 Å². The van der Waals surface area contributed by atoms with Gasteiger partial charge in [0.05, 0.1) is 25.5 Å². The molecular weight excluding hydrogens is 334 g/mol. The number of nitrogens with one attached hydrogen (secondary N) is 1. The predicted molar refractivity (Wildman–Crippen MR) is 96.1 cm³/mol. The summed E-state index contributed by atoms with van der Waals surface area (Å²) in [6, 6.07) is 9.02. The quantitative estimate of drug-likeness (QED) is 0.758. The highest BCUT2D eigenvalue weighted by molar-refractivity contribution is 6.07. The van der Waals surface area contributed by atoms with Gasteiger partial charge in [-0.25, -0.2) is 0 Å². The van der Waals surface area contributed by atoms with Gasteiger partial charge in [-0.05, 0) is 47.5 Å². The molecule has 0 fully saturated rings. The van der Waals surface area contributed by atoms with Crippen LogP contribution in [0.25, 0.3) is 5.69 Å². The van der Waals surface area contributed by atoms with E-state index in [9.17, 15) is 4.79 Å². The van der Waals surface area contributed by atoms with E-state index in [1.165, 1.54) is 25.2 Å². The van der Waals surface area contributed by atoms with Crippen molar-refractivity contribution in [3.63, 3.8) is 0 Å². The van der Waals surface area contributed by atoms with Crippen LogP contribution < -0.4 is 14.8 Å². The first-order valence-corrected chi connectivity index (χ1v) is 7.92. The lowest BCUT2D eigenvalue weighted by Gasteiger charge is -2.15. The van der Waals surface area contributed by atoms with E-state index in [1.54, 1.807) is 12.1 Å². The van der Waals surface area contributed by atoms with E-state index in [0.29, 0.717) is 22.7 Å². The molecule has 3 aromatic rings. The van der Waals surface area contributed by atoms with Crippen LogP contribution >= 0.6 is 0 Å². The molecular formula is C18H19N5O3. The van der Waals surface area contributed by atoms with Gasteiger partial charge in [0.15, 0.2) is 11.5 Å². The van der Waals surface area contributed by atoms with Gasteiger partial charge >= 0.3 is 0 Å². The Morgan fingerprint density at radius 2 is 1.85 bits per heavy atom. The Hall–Kier alpha value is -3.42. The summed E-state index contributed by atoms with van der Waals surface area (Å²) in [5, 5.41) is 14.1. The SMILES string of the molecule is COc1cc(C(=O)Nc2cccc(C)c2C)c(-n2cnnn2)cc1OC. The van der Waals surface area contributed by atoms with Gasteiger partial charge in [0.1, 0.15) is 6.33 Å². The fourth-order valence-electron chi connectivity index (χ4n) is 2.59. The Balaban J connectivity index is 2.07. The number of methoxy groups -OCH3 is 2. The Morgan fingerprint density at radius 3 is 2.50 bits per heavy atom. The number of carbonyl (C=O) groups excluding carboxylic acids is 1. The van der Waals surface area contributed by atoms with Gasteiger partial charge < -0.3 is 14.8 Å². The van der Waals surface area contributed by atoms with Crippen molar-refractivity contribution in [3.05, 3.63) is 53.3 Å². The summed E-state index contributed by atoms with van der Waals surface area (Å²) >= 11 is 0. The minimum absolute atomic E-state index is 0.301. The molecule has 0 spiro atoms. The number of nitrogens with zero attached hydrogens (tertiary/aromatic N) is 4. The van der Waals surface area contributed by atoms with Crippen LogP contribution in [0.4, 0.5) is 5.69 Å². The zero-order chi connectivity index (χ0) is 18.7. The van der Waals surface area contributed by atoms with Crippen molar-refractivity contribution in [1.29, 1.82) is 0 Å². The molecule has 1 amide bonds. The van der Waals surface area contributed by atoms with E-state index in [-0.39, 0.29) is 5.91 Å². The number of amides is 1. The van der Waals surface area contributed by atoms with Crippen molar-refractivity contribution < 1.29 is 14.3 Å². The lowest BCUT2D eigenvalue weighted by atomic mass is 10.1. The van der Waals surface area contributed by atoms with Crippen molar-refractivity contribution >= 4 is 11.6 Å². The van der Waals surface area contributed by atoms with Crippen LogP contribution in [0.15, 0.2) is 36.7 Å². The van der Waals surface area contributed by atoms with Gasteiger partial charge in [-0.15, -0.1) is 5.10 Å². The molecule has 2 aromatic carbocycles. The lowest BCUT2D eigenvalue weighted by Crippen LogP contribution is -2.17. The van der Waals surface area contributed by atoms with Crippen molar-refractivity contribution in [3.8, 4) is 17.2 Å². The van der Waals surface area contributed by atoms with Crippen LogP contribution in [0.3, 0.4) is 0 Å². The van der Waals surface area contributed by atoms with Gasteiger partial charge in [-0.3, -0.25) is 4.79 Å². The number of hydrogen-bond donors (Lipinski definition) is 1. The zero-order valence-corrected chi connectivity index (χ0v) is 15.0. The van der Waals surface area contributed by atoms with Crippen LogP contribution in [0, 0.1) is 13.8 Å². The molecule has 0 aliphatic carbocycles. The number of aryl methyl sites for hydroxylation is 1. The Bertz CT molecular complexity index is 938. The molecule has 0 atom stereocenters. The van der Waals surface area contributed by atoms with Crippen LogP contribution in [-0.2, 0) is 0 Å². The second-order valence-corrected chi connectivity index (χ2v) is 5.68. The first kappa shape index (κ1) is 17.4. The molecule has 0 saturated heterocycles. The summed E-state index contributed by atoms with van der Waals surface area (Å²) < 4.78 is 12.1. The maximum Gasteiger partial charge on any atom is 0.258 e. The highest BCUT2D eigenvalue weighted by atomic mass is 16.5. The third-order valence-corrected chi connectivity index (χ3v) is 4.20. The molecule has 1 heterocycles. The maximum absolute atomic E-state index is 13.0. The summed E-state index contributed by atoms with van der Waals surface area (Å²) in [6.07, 6.45) is 1.41. The summed E-state index contributed by atoms with van der Waals surface area (Å²) in [4.78, 5) is 13.0. The molecule has 0 aliphatic rings. The van der Waals surface area contributed by atoms with Crippen LogP contribution in [0.2, 0.25) is 0 Å². The van der Waals surface area contributed by atoms with Gasteiger partial charge in [-0.2, -0.15) is 4.68 Å². The van der Waals surface area contributed by atoms with E-state index in [0.717, 1.165) is 16.8 Å². The summed E-state index contributed by atoms with van der Waals surface area (Å²) in [6.45, 7) is 3.95. The van der Waals surface area contributed by atoms with Gasteiger partial charge in [0.2, 0.25) is 0 Å². The largest absolute Gasteiger partial charge is 0.493 e.